The predicted octanol–water partition coefficient (Wildman–Crippen LogP) is 3.22. The van der Waals surface area contributed by atoms with E-state index in [2.05, 4.69) is 46.9 Å². The molecule has 15 heavy (non-hydrogen) atoms. The summed E-state index contributed by atoms with van der Waals surface area (Å²) in [7, 11) is 0. The quantitative estimate of drug-likeness (QED) is 0.658. The molecule has 92 valence electrons. The van der Waals surface area contributed by atoms with Gasteiger partial charge in [0, 0.05) is 12.6 Å². The van der Waals surface area contributed by atoms with Crippen LogP contribution in [-0.4, -0.2) is 24.8 Å². The van der Waals surface area contributed by atoms with E-state index < -0.39 is 0 Å². The number of hydrogen-bond acceptors (Lipinski definition) is 2. The van der Waals surface area contributed by atoms with Crippen LogP contribution in [0.25, 0.3) is 0 Å². The fraction of sp³-hybridized carbons (Fsp3) is 1.00. The summed E-state index contributed by atoms with van der Waals surface area (Å²) in [5.74, 6) is 0.708. The van der Waals surface area contributed by atoms with Gasteiger partial charge in [0.25, 0.3) is 0 Å². The fourth-order valence-electron chi connectivity index (χ4n) is 1.61. The molecule has 0 radical (unpaired) electrons. The first-order valence-electron chi connectivity index (χ1n) is 6.24. The highest BCUT2D eigenvalue weighted by Crippen LogP contribution is 2.11. The Morgan fingerprint density at radius 1 is 1.20 bits per heavy atom. The molecule has 1 unspecified atom stereocenters. The number of nitrogens with one attached hydrogen (secondary N) is 1. The average Bonchev–Trinajstić information content (AvgIpc) is 2.08. The molecule has 0 aromatic heterocycles. The van der Waals surface area contributed by atoms with Crippen molar-refractivity contribution in [2.45, 2.75) is 66.0 Å². The number of hydrogen-bond donors (Lipinski definition) is 1. The number of ether oxygens (including phenoxy) is 1. The van der Waals surface area contributed by atoms with Crippen LogP contribution in [0.2, 0.25) is 0 Å². The standard InChI is InChI=1S/C13H29NO/c1-7-14-12(11(2)3)9-8-10-15-13(4,5)6/h11-12,14H,7-10H2,1-6H3. The zero-order valence-electron chi connectivity index (χ0n) is 11.4. The van der Waals surface area contributed by atoms with Gasteiger partial charge in [0.2, 0.25) is 0 Å². The van der Waals surface area contributed by atoms with Crippen LogP contribution in [-0.2, 0) is 4.74 Å². The summed E-state index contributed by atoms with van der Waals surface area (Å²) in [5, 5.41) is 3.52. The van der Waals surface area contributed by atoms with Gasteiger partial charge in [0.1, 0.15) is 0 Å². The van der Waals surface area contributed by atoms with Crippen molar-refractivity contribution < 1.29 is 4.74 Å². The lowest BCUT2D eigenvalue weighted by Gasteiger charge is -2.23. The molecule has 0 rings (SSSR count). The minimum Gasteiger partial charge on any atom is -0.376 e. The maximum Gasteiger partial charge on any atom is 0.0598 e. The fourth-order valence-corrected chi connectivity index (χ4v) is 1.61. The van der Waals surface area contributed by atoms with E-state index in [9.17, 15) is 0 Å². The van der Waals surface area contributed by atoms with Gasteiger partial charge in [0.05, 0.1) is 5.60 Å². The Balaban J connectivity index is 3.62. The third-order valence-electron chi connectivity index (χ3n) is 2.47. The van der Waals surface area contributed by atoms with Crippen molar-refractivity contribution in [2.75, 3.05) is 13.2 Å². The summed E-state index contributed by atoms with van der Waals surface area (Å²) < 4.78 is 5.71. The van der Waals surface area contributed by atoms with E-state index in [-0.39, 0.29) is 5.60 Å². The van der Waals surface area contributed by atoms with E-state index in [1.54, 1.807) is 0 Å². The van der Waals surface area contributed by atoms with E-state index in [1.165, 1.54) is 6.42 Å². The lowest BCUT2D eigenvalue weighted by Crippen LogP contribution is -2.34. The zero-order chi connectivity index (χ0) is 11.9. The zero-order valence-corrected chi connectivity index (χ0v) is 11.4. The van der Waals surface area contributed by atoms with Crippen LogP contribution in [0.1, 0.15) is 54.4 Å². The van der Waals surface area contributed by atoms with E-state index >= 15 is 0 Å². The SMILES string of the molecule is CCNC(CCCOC(C)(C)C)C(C)C. The first kappa shape index (κ1) is 14.9. The summed E-state index contributed by atoms with van der Waals surface area (Å²) in [6.45, 7) is 15.0. The third kappa shape index (κ3) is 8.88. The summed E-state index contributed by atoms with van der Waals surface area (Å²) in [6, 6.07) is 0.638. The van der Waals surface area contributed by atoms with Crippen LogP contribution >= 0.6 is 0 Å². The molecular formula is C13H29NO. The summed E-state index contributed by atoms with van der Waals surface area (Å²) in [5.41, 5.74) is 0.00547. The van der Waals surface area contributed by atoms with Crippen LogP contribution in [0.4, 0.5) is 0 Å². The van der Waals surface area contributed by atoms with Crippen LogP contribution < -0.4 is 5.32 Å². The molecule has 0 saturated heterocycles. The van der Waals surface area contributed by atoms with Crippen molar-refractivity contribution in [1.82, 2.24) is 5.32 Å². The van der Waals surface area contributed by atoms with Gasteiger partial charge in [0.15, 0.2) is 0 Å². The van der Waals surface area contributed by atoms with Crippen LogP contribution in [0.3, 0.4) is 0 Å². The summed E-state index contributed by atoms with van der Waals surface area (Å²) >= 11 is 0. The third-order valence-corrected chi connectivity index (χ3v) is 2.47. The molecule has 0 aromatic rings. The Bertz CT molecular complexity index is 149. The largest absolute Gasteiger partial charge is 0.376 e. The molecule has 0 saturated carbocycles. The molecule has 0 aliphatic heterocycles. The van der Waals surface area contributed by atoms with Crippen molar-refractivity contribution >= 4 is 0 Å². The molecule has 0 aliphatic rings. The van der Waals surface area contributed by atoms with Crippen molar-refractivity contribution in [3.05, 3.63) is 0 Å². The molecule has 1 atom stereocenters. The average molecular weight is 215 g/mol. The summed E-state index contributed by atoms with van der Waals surface area (Å²) in [4.78, 5) is 0. The molecule has 0 fully saturated rings. The smallest absolute Gasteiger partial charge is 0.0598 e. The second-order valence-electron chi connectivity index (χ2n) is 5.51. The van der Waals surface area contributed by atoms with Crippen LogP contribution in [0, 0.1) is 5.92 Å². The highest BCUT2D eigenvalue weighted by Gasteiger charge is 2.13. The molecule has 0 aromatic carbocycles. The minimum atomic E-state index is 0.00547. The minimum absolute atomic E-state index is 0.00547. The molecule has 0 bridgehead atoms. The second-order valence-corrected chi connectivity index (χ2v) is 5.51. The van der Waals surface area contributed by atoms with E-state index in [0.29, 0.717) is 12.0 Å². The first-order valence-corrected chi connectivity index (χ1v) is 6.24. The van der Waals surface area contributed by atoms with Crippen molar-refractivity contribution in [2.24, 2.45) is 5.92 Å². The van der Waals surface area contributed by atoms with Gasteiger partial charge >= 0.3 is 0 Å². The van der Waals surface area contributed by atoms with Gasteiger partial charge in [-0.1, -0.05) is 20.8 Å². The van der Waals surface area contributed by atoms with E-state index in [1.807, 2.05) is 0 Å². The second kappa shape index (κ2) is 7.24. The Hall–Kier alpha value is -0.0800. The normalized spacial score (nSPS) is 14.6. The Morgan fingerprint density at radius 2 is 1.80 bits per heavy atom. The Kier molecular flexibility index (Phi) is 7.20. The molecule has 0 amide bonds. The summed E-state index contributed by atoms with van der Waals surface area (Å²) in [6.07, 6.45) is 2.36. The van der Waals surface area contributed by atoms with Gasteiger partial charge in [-0.2, -0.15) is 0 Å². The van der Waals surface area contributed by atoms with Gasteiger partial charge in [-0.15, -0.1) is 0 Å². The lowest BCUT2D eigenvalue weighted by atomic mass is 9.99. The van der Waals surface area contributed by atoms with Crippen molar-refractivity contribution in [3.63, 3.8) is 0 Å². The molecular weight excluding hydrogens is 186 g/mol. The lowest BCUT2D eigenvalue weighted by molar-refractivity contribution is -0.00576. The molecule has 2 heteroatoms. The van der Waals surface area contributed by atoms with Gasteiger partial charge < -0.3 is 10.1 Å². The Morgan fingerprint density at radius 3 is 2.20 bits per heavy atom. The molecule has 0 spiro atoms. The highest BCUT2D eigenvalue weighted by molar-refractivity contribution is 4.69. The monoisotopic (exact) mass is 215 g/mol. The topological polar surface area (TPSA) is 21.3 Å². The van der Waals surface area contributed by atoms with Gasteiger partial charge in [-0.25, -0.2) is 0 Å². The van der Waals surface area contributed by atoms with Crippen molar-refractivity contribution in [1.29, 1.82) is 0 Å². The number of rotatable bonds is 7. The maximum atomic E-state index is 5.71. The van der Waals surface area contributed by atoms with Crippen molar-refractivity contribution in [3.8, 4) is 0 Å². The molecule has 1 N–H and O–H groups in total. The first-order chi connectivity index (χ1) is 6.87. The molecule has 2 nitrogen and oxygen atoms in total. The Labute approximate surface area is 95.8 Å². The molecule has 0 aliphatic carbocycles. The highest BCUT2D eigenvalue weighted by atomic mass is 16.5. The molecule has 0 heterocycles. The van der Waals surface area contributed by atoms with Gasteiger partial charge in [-0.3, -0.25) is 0 Å². The van der Waals surface area contributed by atoms with E-state index in [4.69, 9.17) is 4.74 Å². The maximum absolute atomic E-state index is 5.71. The van der Waals surface area contributed by atoms with Crippen LogP contribution in [0.5, 0.6) is 0 Å². The van der Waals surface area contributed by atoms with E-state index in [0.717, 1.165) is 19.6 Å². The van der Waals surface area contributed by atoms with Gasteiger partial charge in [-0.05, 0) is 46.1 Å². The van der Waals surface area contributed by atoms with Crippen LogP contribution in [0.15, 0.2) is 0 Å². The predicted molar refractivity (Wildman–Crippen MR) is 67.2 cm³/mol.